The monoisotopic (exact) mass is 172 g/mol. The molecule has 2 nitrogen and oxygen atoms in total. The van der Waals surface area contributed by atoms with Crippen molar-refractivity contribution >= 4 is 11.4 Å². The quantitative estimate of drug-likeness (QED) is 0.633. The van der Waals surface area contributed by atoms with E-state index in [9.17, 15) is 0 Å². The minimum atomic E-state index is 0.816. The van der Waals surface area contributed by atoms with Gasteiger partial charge in [-0.2, -0.15) is 0 Å². The molecule has 1 aliphatic heterocycles. The molecule has 3 N–H and O–H groups in total. The Bertz CT molecular complexity index is 364. The van der Waals surface area contributed by atoms with Crippen molar-refractivity contribution in [1.82, 2.24) is 5.32 Å². The van der Waals surface area contributed by atoms with Crippen LogP contribution in [-0.2, 0) is 0 Å². The van der Waals surface area contributed by atoms with Crippen LogP contribution >= 0.6 is 0 Å². The Morgan fingerprint density at radius 3 is 2.77 bits per heavy atom. The Morgan fingerprint density at radius 1 is 1.23 bits per heavy atom. The van der Waals surface area contributed by atoms with Crippen LogP contribution in [0.2, 0.25) is 0 Å². The van der Waals surface area contributed by atoms with Crippen molar-refractivity contribution in [2.75, 3.05) is 12.3 Å². The van der Waals surface area contributed by atoms with Crippen LogP contribution in [-0.4, -0.2) is 6.54 Å². The lowest BCUT2D eigenvalue weighted by molar-refractivity contribution is 0.996. The molecule has 2 rings (SSSR count). The van der Waals surface area contributed by atoms with Gasteiger partial charge in [-0.1, -0.05) is 30.4 Å². The standard InChI is InChI=1S/C11H12N2/c12-10-6-2-1-5-9(10)11-7-3-4-8-13-11/h1-7,13H,8,12H2. The Kier molecular flexibility index (Phi) is 2.04. The molecule has 0 saturated heterocycles. The second-order valence-corrected chi connectivity index (χ2v) is 2.98. The molecule has 0 spiro atoms. The van der Waals surface area contributed by atoms with Crippen molar-refractivity contribution in [2.45, 2.75) is 0 Å². The van der Waals surface area contributed by atoms with Gasteiger partial charge in [-0.15, -0.1) is 0 Å². The number of hydrogen-bond acceptors (Lipinski definition) is 2. The minimum absolute atomic E-state index is 0.816. The Labute approximate surface area is 77.8 Å². The van der Waals surface area contributed by atoms with Crippen molar-refractivity contribution < 1.29 is 0 Å². The first-order chi connectivity index (χ1) is 6.38. The van der Waals surface area contributed by atoms with Gasteiger partial charge in [0, 0.05) is 23.5 Å². The summed E-state index contributed by atoms with van der Waals surface area (Å²) in [6.07, 6.45) is 6.15. The molecule has 1 aromatic carbocycles. The second kappa shape index (κ2) is 3.35. The summed E-state index contributed by atoms with van der Waals surface area (Å²) in [6.45, 7) is 0.875. The molecular formula is C11H12N2. The highest BCUT2D eigenvalue weighted by atomic mass is 14.9. The molecule has 2 heteroatoms. The van der Waals surface area contributed by atoms with E-state index in [1.165, 1.54) is 0 Å². The van der Waals surface area contributed by atoms with Gasteiger partial charge < -0.3 is 11.1 Å². The molecule has 0 bridgehead atoms. The van der Waals surface area contributed by atoms with E-state index >= 15 is 0 Å². The molecule has 1 aromatic rings. The van der Waals surface area contributed by atoms with Crippen molar-refractivity contribution in [3.8, 4) is 0 Å². The van der Waals surface area contributed by atoms with Crippen LogP contribution in [0, 0.1) is 0 Å². The number of allylic oxidation sites excluding steroid dienone is 2. The smallest absolute Gasteiger partial charge is 0.0437 e. The molecule has 0 unspecified atom stereocenters. The molecule has 0 radical (unpaired) electrons. The summed E-state index contributed by atoms with van der Waals surface area (Å²) in [5, 5.41) is 3.27. The van der Waals surface area contributed by atoms with E-state index < -0.39 is 0 Å². The molecule has 1 aliphatic rings. The largest absolute Gasteiger partial charge is 0.398 e. The Morgan fingerprint density at radius 2 is 2.08 bits per heavy atom. The number of nitrogens with one attached hydrogen (secondary N) is 1. The zero-order valence-electron chi connectivity index (χ0n) is 7.33. The van der Waals surface area contributed by atoms with Gasteiger partial charge in [0.2, 0.25) is 0 Å². The molecule has 66 valence electrons. The van der Waals surface area contributed by atoms with E-state index in [1.807, 2.05) is 36.4 Å². The third-order valence-corrected chi connectivity index (χ3v) is 2.06. The van der Waals surface area contributed by atoms with Gasteiger partial charge in [-0.25, -0.2) is 0 Å². The van der Waals surface area contributed by atoms with E-state index in [-0.39, 0.29) is 0 Å². The van der Waals surface area contributed by atoms with Crippen molar-refractivity contribution in [1.29, 1.82) is 0 Å². The zero-order valence-corrected chi connectivity index (χ0v) is 7.33. The Hall–Kier alpha value is -1.70. The average Bonchev–Trinajstić information content (AvgIpc) is 2.20. The van der Waals surface area contributed by atoms with Crippen LogP contribution in [0.25, 0.3) is 5.70 Å². The number of anilines is 1. The number of benzene rings is 1. The number of nitrogen functional groups attached to an aromatic ring is 1. The molecule has 0 aromatic heterocycles. The van der Waals surface area contributed by atoms with Gasteiger partial charge >= 0.3 is 0 Å². The molecule has 0 fully saturated rings. The predicted octanol–water partition coefficient (Wildman–Crippen LogP) is 1.77. The molecule has 0 saturated carbocycles. The highest BCUT2D eigenvalue weighted by Gasteiger charge is 2.04. The third-order valence-electron chi connectivity index (χ3n) is 2.06. The van der Waals surface area contributed by atoms with Crippen molar-refractivity contribution in [3.63, 3.8) is 0 Å². The van der Waals surface area contributed by atoms with Gasteiger partial charge in [0.1, 0.15) is 0 Å². The lowest BCUT2D eigenvalue weighted by Gasteiger charge is -2.13. The maximum absolute atomic E-state index is 5.85. The van der Waals surface area contributed by atoms with Crippen LogP contribution < -0.4 is 11.1 Å². The highest BCUT2D eigenvalue weighted by Crippen LogP contribution is 2.19. The molecule has 13 heavy (non-hydrogen) atoms. The van der Waals surface area contributed by atoms with E-state index in [4.69, 9.17) is 5.73 Å². The maximum Gasteiger partial charge on any atom is 0.0437 e. The van der Waals surface area contributed by atoms with Gasteiger partial charge in [0.15, 0.2) is 0 Å². The topological polar surface area (TPSA) is 38.0 Å². The van der Waals surface area contributed by atoms with Crippen molar-refractivity contribution in [3.05, 3.63) is 48.1 Å². The van der Waals surface area contributed by atoms with Gasteiger partial charge in [-0.05, 0) is 12.1 Å². The first-order valence-corrected chi connectivity index (χ1v) is 4.33. The lowest BCUT2D eigenvalue weighted by atomic mass is 10.1. The number of hydrogen-bond donors (Lipinski definition) is 2. The fraction of sp³-hybridized carbons (Fsp3) is 0.0909. The number of rotatable bonds is 1. The fourth-order valence-electron chi connectivity index (χ4n) is 1.39. The van der Waals surface area contributed by atoms with E-state index in [0.717, 1.165) is 23.5 Å². The molecule has 1 heterocycles. The van der Waals surface area contributed by atoms with E-state index in [1.54, 1.807) is 0 Å². The number of para-hydroxylation sites is 1. The summed E-state index contributed by atoms with van der Waals surface area (Å²) < 4.78 is 0. The third kappa shape index (κ3) is 1.56. The van der Waals surface area contributed by atoms with Gasteiger partial charge in [0.05, 0.1) is 0 Å². The van der Waals surface area contributed by atoms with Crippen LogP contribution in [0.3, 0.4) is 0 Å². The summed E-state index contributed by atoms with van der Waals surface area (Å²) in [5.41, 5.74) is 8.84. The van der Waals surface area contributed by atoms with Crippen LogP contribution in [0.15, 0.2) is 42.5 Å². The van der Waals surface area contributed by atoms with Crippen LogP contribution in [0.5, 0.6) is 0 Å². The summed E-state index contributed by atoms with van der Waals surface area (Å²) in [4.78, 5) is 0. The van der Waals surface area contributed by atoms with Crippen LogP contribution in [0.1, 0.15) is 5.56 Å². The Balaban J connectivity index is 2.40. The van der Waals surface area contributed by atoms with Gasteiger partial charge in [0.25, 0.3) is 0 Å². The highest BCUT2D eigenvalue weighted by molar-refractivity contribution is 5.75. The normalized spacial score (nSPS) is 14.9. The van der Waals surface area contributed by atoms with Gasteiger partial charge in [-0.3, -0.25) is 0 Å². The second-order valence-electron chi connectivity index (χ2n) is 2.98. The fourth-order valence-corrected chi connectivity index (χ4v) is 1.39. The maximum atomic E-state index is 5.85. The molecule has 0 atom stereocenters. The summed E-state index contributed by atoms with van der Waals surface area (Å²) in [7, 11) is 0. The minimum Gasteiger partial charge on any atom is -0.398 e. The van der Waals surface area contributed by atoms with E-state index in [2.05, 4.69) is 11.4 Å². The molecular weight excluding hydrogens is 160 g/mol. The number of dihydropyridines is 1. The molecule has 0 amide bonds. The lowest BCUT2D eigenvalue weighted by Crippen LogP contribution is -2.15. The zero-order chi connectivity index (χ0) is 9.10. The summed E-state index contributed by atoms with van der Waals surface area (Å²) in [6, 6.07) is 7.87. The first-order valence-electron chi connectivity index (χ1n) is 4.33. The summed E-state index contributed by atoms with van der Waals surface area (Å²) >= 11 is 0. The average molecular weight is 172 g/mol. The predicted molar refractivity (Wildman–Crippen MR) is 56.0 cm³/mol. The van der Waals surface area contributed by atoms with Crippen molar-refractivity contribution in [2.24, 2.45) is 0 Å². The summed E-state index contributed by atoms with van der Waals surface area (Å²) in [5.74, 6) is 0. The SMILES string of the molecule is Nc1ccccc1C1=CC=CCN1. The van der Waals surface area contributed by atoms with Crippen LogP contribution in [0.4, 0.5) is 5.69 Å². The number of nitrogens with two attached hydrogens (primary N) is 1. The molecule has 0 aliphatic carbocycles. The first kappa shape index (κ1) is 7.92. The van der Waals surface area contributed by atoms with E-state index in [0.29, 0.717) is 0 Å².